The summed E-state index contributed by atoms with van der Waals surface area (Å²) < 4.78 is 5.50. The van der Waals surface area contributed by atoms with Crippen LogP contribution in [0.5, 0.6) is 0 Å². The fourth-order valence-corrected chi connectivity index (χ4v) is 2.43. The average molecular weight is 316 g/mol. The Morgan fingerprint density at radius 2 is 1.71 bits per heavy atom. The van der Waals surface area contributed by atoms with Crippen LogP contribution >= 0.6 is 0 Å². The van der Waals surface area contributed by atoms with Crippen molar-refractivity contribution >= 4 is 22.8 Å². The molecule has 0 saturated carbocycles. The molecule has 0 bridgehead atoms. The van der Waals surface area contributed by atoms with Crippen LogP contribution in [0.2, 0.25) is 0 Å². The Bertz CT molecular complexity index is 1010. The number of nitrogens with one attached hydrogen (secondary N) is 1. The molecule has 6 nitrogen and oxygen atoms in total. The zero-order chi connectivity index (χ0) is 16.4. The molecule has 0 unspecified atom stereocenters. The molecule has 0 atom stereocenters. The Labute approximate surface area is 137 Å². The zero-order valence-corrected chi connectivity index (χ0v) is 12.5. The van der Waals surface area contributed by atoms with Gasteiger partial charge in [0.2, 0.25) is 5.89 Å². The molecule has 4 rings (SSSR count). The normalized spacial score (nSPS) is 10.7. The van der Waals surface area contributed by atoms with Crippen molar-refractivity contribution in [1.29, 1.82) is 0 Å². The third-order valence-corrected chi connectivity index (χ3v) is 3.56. The molecule has 24 heavy (non-hydrogen) atoms. The number of carbonyl (C=O) groups excluding carboxylic acids is 1. The summed E-state index contributed by atoms with van der Waals surface area (Å²) in [4.78, 5) is 16.8. The number of benzene rings is 2. The zero-order valence-electron chi connectivity index (χ0n) is 12.5. The van der Waals surface area contributed by atoms with Crippen LogP contribution in [0, 0.1) is 0 Å². The van der Waals surface area contributed by atoms with E-state index in [0.717, 1.165) is 16.5 Å². The SMILES string of the molecule is O=C(Nc1nnc(-c2ccccc2)o1)c1ccnc2ccccc12. The monoisotopic (exact) mass is 316 g/mol. The van der Waals surface area contributed by atoms with Crippen molar-refractivity contribution in [1.82, 2.24) is 15.2 Å². The fraction of sp³-hybridized carbons (Fsp3) is 0. The van der Waals surface area contributed by atoms with Gasteiger partial charge in [0.25, 0.3) is 5.91 Å². The molecule has 0 aliphatic carbocycles. The largest absolute Gasteiger partial charge is 0.403 e. The molecule has 116 valence electrons. The molecule has 2 aromatic carbocycles. The molecule has 6 heteroatoms. The topological polar surface area (TPSA) is 80.9 Å². The molecule has 2 aromatic heterocycles. The number of rotatable bonds is 3. The van der Waals surface area contributed by atoms with Crippen LogP contribution in [0.15, 0.2) is 71.3 Å². The van der Waals surface area contributed by atoms with Crippen LogP contribution < -0.4 is 5.32 Å². The van der Waals surface area contributed by atoms with Gasteiger partial charge >= 0.3 is 6.01 Å². The van der Waals surface area contributed by atoms with Crippen LogP contribution in [-0.4, -0.2) is 21.1 Å². The maximum atomic E-state index is 12.5. The highest BCUT2D eigenvalue weighted by Crippen LogP contribution is 2.21. The lowest BCUT2D eigenvalue weighted by Crippen LogP contribution is -2.12. The Morgan fingerprint density at radius 1 is 0.917 bits per heavy atom. The maximum absolute atomic E-state index is 12.5. The first-order valence-electron chi connectivity index (χ1n) is 7.35. The van der Waals surface area contributed by atoms with Gasteiger partial charge in [0.05, 0.1) is 11.1 Å². The molecule has 2 heterocycles. The number of aromatic nitrogens is 3. The van der Waals surface area contributed by atoms with Gasteiger partial charge in [-0.2, -0.15) is 0 Å². The van der Waals surface area contributed by atoms with Crippen molar-refractivity contribution in [3.63, 3.8) is 0 Å². The first-order chi connectivity index (χ1) is 11.8. The number of para-hydroxylation sites is 1. The van der Waals surface area contributed by atoms with Gasteiger partial charge in [0, 0.05) is 17.1 Å². The molecule has 0 aliphatic heterocycles. The molecular formula is C18H12N4O2. The lowest BCUT2D eigenvalue weighted by molar-refractivity contribution is 0.102. The standard InChI is InChI=1S/C18H12N4O2/c23-16(14-10-11-19-15-9-5-4-8-13(14)15)20-18-22-21-17(24-18)12-6-2-1-3-7-12/h1-11H,(H,20,22,23). The van der Waals surface area contributed by atoms with Gasteiger partial charge in [-0.15, -0.1) is 5.10 Å². The van der Waals surface area contributed by atoms with Crippen molar-refractivity contribution in [2.24, 2.45) is 0 Å². The number of nitrogens with zero attached hydrogens (tertiary/aromatic N) is 3. The Hall–Kier alpha value is -3.54. The number of hydrogen-bond donors (Lipinski definition) is 1. The third kappa shape index (κ3) is 2.61. The molecule has 0 spiro atoms. The summed E-state index contributed by atoms with van der Waals surface area (Å²) in [6.07, 6.45) is 1.60. The summed E-state index contributed by atoms with van der Waals surface area (Å²) in [5.41, 5.74) is 2.04. The second-order valence-corrected chi connectivity index (χ2v) is 5.11. The molecule has 4 aromatic rings. The minimum Gasteiger partial charge on any atom is -0.403 e. The lowest BCUT2D eigenvalue weighted by atomic mass is 10.1. The predicted molar refractivity (Wildman–Crippen MR) is 89.4 cm³/mol. The molecule has 1 amide bonds. The Kier molecular flexibility index (Phi) is 3.47. The van der Waals surface area contributed by atoms with Crippen molar-refractivity contribution < 1.29 is 9.21 Å². The van der Waals surface area contributed by atoms with Crippen LogP contribution in [0.3, 0.4) is 0 Å². The van der Waals surface area contributed by atoms with Crippen molar-refractivity contribution in [3.8, 4) is 11.5 Å². The van der Waals surface area contributed by atoms with E-state index in [2.05, 4.69) is 20.5 Å². The van der Waals surface area contributed by atoms with E-state index in [-0.39, 0.29) is 11.9 Å². The summed E-state index contributed by atoms with van der Waals surface area (Å²) in [6, 6.07) is 18.5. The van der Waals surface area contributed by atoms with E-state index in [1.165, 1.54) is 0 Å². The van der Waals surface area contributed by atoms with Crippen LogP contribution in [-0.2, 0) is 0 Å². The smallest absolute Gasteiger partial charge is 0.322 e. The number of carbonyl (C=O) groups is 1. The Morgan fingerprint density at radius 3 is 2.58 bits per heavy atom. The van der Waals surface area contributed by atoms with E-state index in [1.807, 2.05) is 54.6 Å². The van der Waals surface area contributed by atoms with Crippen molar-refractivity contribution in [2.75, 3.05) is 5.32 Å². The second kappa shape index (κ2) is 5.92. The molecule has 0 radical (unpaired) electrons. The number of amides is 1. The summed E-state index contributed by atoms with van der Waals surface area (Å²) >= 11 is 0. The fourth-order valence-electron chi connectivity index (χ4n) is 2.43. The van der Waals surface area contributed by atoms with Gasteiger partial charge in [0.1, 0.15) is 0 Å². The first kappa shape index (κ1) is 14.1. The van der Waals surface area contributed by atoms with Gasteiger partial charge in [-0.3, -0.25) is 15.1 Å². The van der Waals surface area contributed by atoms with E-state index in [1.54, 1.807) is 12.3 Å². The second-order valence-electron chi connectivity index (χ2n) is 5.11. The quantitative estimate of drug-likeness (QED) is 0.625. The van der Waals surface area contributed by atoms with E-state index in [9.17, 15) is 4.79 Å². The highest BCUT2D eigenvalue weighted by atomic mass is 16.4. The average Bonchev–Trinajstić information content (AvgIpc) is 3.10. The maximum Gasteiger partial charge on any atom is 0.322 e. The summed E-state index contributed by atoms with van der Waals surface area (Å²) in [6.45, 7) is 0. The Balaban J connectivity index is 1.61. The molecule has 0 saturated heterocycles. The lowest BCUT2D eigenvalue weighted by Gasteiger charge is -2.04. The number of fused-ring (bicyclic) bond motifs is 1. The molecule has 0 aliphatic rings. The minimum absolute atomic E-state index is 0.0553. The van der Waals surface area contributed by atoms with E-state index in [4.69, 9.17) is 4.42 Å². The molecule has 0 fully saturated rings. The van der Waals surface area contributed by atoms with Gasteiger partial charge < -0.3 is 4.42 Å². The highest BCUT2D eigenvalue weighted by molar-refractivity contribution is 6.11. The van der Waals surface area contributed by atoms with E-state index in [0.29, 0.717) is 11.5 Å². The number of hydrogen-bond acceptors (Lipinski definition) is 5. The number of anilines is 1. The van der Waals surface area contributed by atoms with E-state index >= 15 is 0 Å². The minimum atomic E-state index is -0.322. The highest BCUT2D eigenvalue weighted by Gasteiger charge is 2.14. The third-order valence-electron chi connectivity index (χ3n) is 3.56. The van der Waals surface area contributed by atoms with Crippen LogP contribution in [0.4, 0.5) is 6.01 Å². The van der Waals surface area contributed by atoms with Gasteiger partial charge in [-0.25, -0.2) is 0 Å². The summed E-state index contributed by atoms with van der Waals surface area (Å²) in [5.74, 6) is 0.0300. The van der Waals surface area contributed by atoms with Gasteiger partial charge in [0.15, 0.2) is 0 Å². The van der Waals surface area contributed by atoms with E-state index < -0.39 is 0 Å². The van der Waals surface area contributed by atoms with Crippen molar-refractivity contribution in [3.05, 3.63) is 72.4 Å². The molecular weight excluding hydrogens is 304 g/mol. The molecule has 1 N–H and O–H groups in total. The van der Waals surface area contributed by atoms with Gasteiger partial charge in [-0.05, 0) is 24.3 Å². The van der Waals surface area contributed by atoms with Crippen LogP contribution in [0.1, 0.15) is 10.4 Å². The predicted octanol–water partition coefficient (Wildman–Crippen LogP) is 3.54. The number of pyridine rings is 1. The van der Waals surface area contributed by atoms with Crippen molar-refractivity contribution in [2.45, 2.75) is 0 Å². The first-order valence-corrected chi connectivity index (χ1v) is 7.35. The summed E-state index contributed by atoms with van der Waals surface area (Å²) in [5, 5.41) is 11.2. The van der Waals surface area contributed by atoms with Crippen LogP contribution in [0.25, 0.3) is 22.4 Å². The summed E-state index contributed by atoms with van der Waals surface area (Å²) in [7, 11) is 0. The van der Waals surface area contributed by atoms with Gasteiger partial charge in [-0.1, -0.05) is 41.5 Å².